The summed E-state index contributed by atoms with van der Waals surface area (Å²) < 4.78 is 5.57. The van der Waals surface area contributed by atoms with Gasteiger partial charge in [-0.2, -0.15) is 10.5 Å². The molecule has 142 valence electrons. The van der Waals surface area contributed by atoms with Crippen molar-refractivity contribution in [2.24, 2.45) is 0 Å². The Kier molecular flexibility index (Phi) is 7.68. The average molecular weight is 384 g/mol. The number of benzene rings is 3. The molecule has 3 aromatic rings. The number of hydrogen-bond acceptors (Lipinski definition) is 6. The van der Waals surface area contributed by atoms with E-state index in [-0.39, 0.29) is 11.3 Å². The fourth-order valence-corrected chi connectivity index (χ4v) is 2.27. The fourth-order valence-electron chi connectivity index (χ4n) is 2.27. The molecule has 0 atom stereocenters. The third-order valence-corrected chi connectivity index (χ3v) is 3.79. The first-order valence-corrected chi connectivity index (χ1v) is 8.45. The third-order valence-electron chi connectivity index (χ3n) is 3.79. The van der Waals surface area contributed by atoms with Gasteiger partial charge in [0, 0.05) is 0 Å². The first-order valence-electron chi connectivity index (χ1n) is 8.45. The highest BCUT2D eigenvalue weighted by molar-refractivity contribution is 5.80. The highest BCUT2D eigenvalue weighted by Gasteiger charge is 2.05. The largest absolute Gasteiger partial charge is 0.507 e. The molecule has 0 heterocycles. The molecule has 0 radical (unpaired) electrons. The zero-order valence-corrected chi connectivity index (χ0v) is 15.3. The summed E-state index contributed by atoms with van der Waals surface area (Å²) in [5.41, 5.74) is 2.47. The molecule has 0 bridgehead atoms. The van der Waals surface area contributed by atoms with Crippen LogP contribution in [0, 0.1) is 22.7 Å². The van der Waals surface area contributed by atoms with Gasteiger partial charge in [-0.25, -0.2) is 0 Å². The molecule has 0 aliphatic rings. The van der Waals surface area contributed by atoms with E-state index >= 15 is 0 Å². The predicted molar refractivity (Wildman–Crippen MR) is 106 cm³/mol. The summed E-state index contributed by atoms with van der Waals surface area (Å²) in [5.74, 6) is 0.284. The summed E-state index contributed by atoms with van der Waals surface area (Å²) in [4.78, 5) is 21.1. The van der Waals surface area contributed by atoms with Crippen LogP contribution < -0.4 is 4.74 Å². The molecular weight excluding hydrogens is 368 g/mol. The van der Waals surface area contributed by atoms with Crippen molar-refractivity contribution in [3.63, 3.8) is 0 Å². The molecule has 0 amide bonds. The first kappa shape index (κ1) is 20.9. The highest BCUT2D eigenvalue weighted by atomic mass is 16.5. The third kappa shape index (κ3) is 6.06. The lowest BCUT2D eigenvalue weighted by Crippen LogP contribution is -1.98. The van der Waals surface area contributed by atoms with E-state index in [1.54, 1.807) is 18.2 Å². The second-order valence-corrected chi connectivity index (χ2v) is 5.76. The number of aromatic hydroxyl groups is 1. The monoisotopic (exact) mass is 384 g/mol. The highest BCUT2D eigenvalue weighted by Crippen LogP contribution is 2.20. The van der Waals surface area contributed by atoms with Crippen LogP contribution in [0.3, 0.4) is 0 Å². The normalized spacial score (nSPS) is 9.17. The Hall–Kier alpha value is -4.42. The molecule has 0 aromatic heterocycles. The molecule has 3 aromatic carbocycles. The van der Waals surface area contributed by atoms with Gasteiger partial charge in [0.25, 0.3) is 0 Å². The van der Waals surface area contributed by atoms with Gasteiger partial charge >= 0.3 is 0 Å². The van der Waals surface area contributed by atoms with Crippen LogP contribution >= 0.6 is 0 Å². The van der Waals surface area contributed by atoms with E-state index in [1.807, 2.05) is 42.5 Å². The van der Waals surface area contributed by atoms with E-state index < -0.39 is 0 Å². The molecule has 6 nitrogen and oxygen atoms in total. The van der Waals surface area contributed by atoms with Gasteiger partial charge in [-0.05, 0) is 42.0 Å². The summed E-state index contributed by atoms with van der Waals surface area (Å²) >= 11 is 0. The number of ether oxygens (including phenoxy) is 1. The summed E-state index contributed by atoms with van der Waals surface area (Å²) in [5, 5.41) is 26.2. The van der Waals surface area contributed by atoms with Gasteiger partial charge in [0.05, 0.1) is 34.4 Å². The Bertz CT molecular complexity index is 1080. The van der Waals surface area contributed by atoms with Crippen molar-refractivity contribution in [3.8, 4) is 23.6 Å². The smallest absolute Gasteiger partial charge is 0.153 e. The maximum Gasteiger partial charge on any atom is 0.153 e. The minimum absolute atomic E-state index is 0.154. The Labute approximate surface area is 167 Å². The van der Waals surface area contributed by atoms with Crippen LogP contribution in [-0.4, -0.2) is 17.7 Å². The maximum absolute atomic E-state index is 10.9. The van der Waals surface area contributed by atoms with Crippen LogP contribution in [0.15, 0.2) is 66.7 Å². The van der Waals surface area contributed by atoms with E-state index in [4.69, 9.17) is 20.4 Å². The quantitative estimate of drug-likeness (QED) is 0.665. The number of carbonyl (C=O) groups is 2. The molecule has 0 fully saturated rings. The molecule has 0 saturated heterocycles. The molecule has 29 heavy (non-hydrogen) atoms. The molecule has 1 N–H and O–H groups in total. The van der Waals surface area contributed by atoms with Crippen molar-refractivity contribution >= 4 is 12.6 Å². The van der Waals surface area contributed by atoms with Crippen LogP contribution in [0.4, 0.5) is 0 Å². The molecule has 6 heteroatoms. The molecule has 3 rings (SSSR count). The summed E-state index contributed by atoms with van der Waals surface area (Å²) in [6.45, 7) is 0.372. The van der Waals surface area contributed by atoms with E-state index in [1.165, 1.54) is 18.2 Å². The number of nitriles is 2. The summed E-state index contributed by atoms with van der Waals surface area (Å²) in [6, 6.07) is 22.4. The number of phenols is 1. The Morgan fingerprint density at radius 1 is 0.828 bits per heavy atom. The Balaban J connectivity index is 0.000000234. The molecule has 0 saturated carbocycles. The van der Waals surface area contributed by atoms with Crippen molar-refractivity contribution in [2.45, 2.75) is 6.61 Å². The molecule has 0 unspecified atom stereocenters. The molecular formula is C23H16N2O4. The predicted octanol–water partition coefficient (Wildman–Crippen LogP) is 4.03. The Morgan fingerprint density at radius 3 is 1.97 bits per heavy atom. The lowest BCUT2D eigenvalue weighted by atomic mass is 10.1. The number of rotatable bonds is 5. The molecule has 0 aliphatic heterocycles. The SMILES string of the molecule is N#Cc1ccc(C=O)c(O)c1.N#Cc1ccc(C=O)c(OCc2ccccc2)c1. The first-order chi connectivity index (χ1) is 14.1. The number of aldehydes is 2. The van der Waals surface area contributed by atoms with Gasteiger partial charge in [0.2, 0.25) is 0 Å². The summed E-state index contributed by atoms with van der Waals surface area (Å²) in [6.07, 6.45) is 1.26. The van der Waals surface area contributed by atoms with Gasteiger partial charge in [-0.3, -0.25) is 9.59 Å². The van der Waals surface area contributed by atoms with Gasteiger partial charge in [0.1, 0.15) is 18.1 Å². The lowest BCUT2D eigenvalue weighted by molar-refractivity contribution is 0.111. The van der Waals surface area contributed by atoms with Crippen LogP contribution in [0.2, 0.25) is 0 Å². The molecule has 0 spiro atoms. The van der Waals surface area contributed by atoms with Gasteiger partial charge in [-0.1, -0.05) is 30.3 Å². The number of hydrogen-bond donors (Lipinski definition) is 1. The molecule has 0 aliphatic carbocycles. The Morgan fingerprint density at radius 2 is 1.41 bits per heavy atom. The zero-order valence-electron chi connectivity index (χ0n) is 15.3. The van der Waals surface area contributed by atoms with E-state index in [9.17, 15) is 9.59 Å². The van der Waals surface area contributed by atoms with Crippen molar-refractivity contribution in [2.75, 3.05) is 0 Å². The van der Waals surface area contributed by atoms with Gasteiger partial charge < -0.3 is 9.84 Å². The summed E-state index contributed by atoms with van der Waals surface area (Å²) in [7, 11) is 0. The van der Waals surface area contributed by atoms with Crippen LogP contribution in [-0.2, 0) is 6.61 Å². The van der Waals surface area contributed by atoms with E-state index in [2.05, 4.69) is 0 Å². The van der Waals surface area contributed by atoms with E-state index in [0.29, 0.717) is 35.3 Å². The van der Waals surface area contributed by atoms with Crippen molar-refractivity contribution < 1.29 is 19.4 Å². The minimum atomic E-state index is -0.154. The van der Waals surface area contributed by atoms with Gasteiger partial charge in [0.15, 0.2) is 12.6 Å². The number of nitrogens with zero attached hydrogens (tertiary/aromatic N) is 2. The number of phenolic OH excluding ortho intramolecular Hbond substituents is 1. The maximum atomic E-state index is 10.9. The van der Waals surface area contributed by atoms with Crippen LogP contribution in [0.25, 0.3) is 0 Å². The second-order valence-electron chi connectivity index (χ2n) is 5.76. The van der Waals surface area contributed by atoms with E-state index in [0.717, 1.165) is 11.8 Å². The van der Waals surface area contributed by atoms with Crippen molar-refractivity contribution in [3.05, 3.63) is 94.5 Å². The zero-order chi connectivity index (χ0) is 21.1. The minimum Gasteiger partial charge on any atom is -0.507 e. The van der Waals surface area contributed by atoms with Crippen LogP contribution in [0.1, 0.15) is 37.4 Å². The van der Waals surface area contributed by atoms with Crippen molar-refractivity contribution in [1.82, 2.24) is 0 Å². The average Bonchev–Trinajstić information content (AvgIpc) is 2.78. The topological polar surface area (TPSA) is 111 Å². The fraction of sp³-hybridized carbons (Fsp3) is 0.0435. The lowest BCUT2D eigenvalue weighted by Gasteiger charge is -2.08. The van der Waals surface area contributed by atoms with Gasteiger partial charge in [-0.15, -0.1) is 0 Å². The standard InChI is InChI=1S/C15H11NO2.C8H5NO2/c16-9-13-6-7-14(10-17)15(8-13)18-11-12-4-2-1-3-5-12;9-4-6-1-2-7(5-10)8(11)3-6/h1-8,10H,11H2;1-3,5,11H. The van der Waals surface area contributed by atoms with Crippen LogP contribution in [0.5, 0.6) is 11.5 Å². The second kappa shape index (κ2) is 10.7. The van der Waals surface area contributed by atoms with Crippen molar-refractivity contribution in [1.29, 1.82) is 10.5 Å². The number of carbonyl (C=O) groups excluding carboxylic acids is 2.